The van der Waals surface area contributed by atoms with Gasteiger partial charge in [0.1, 0.15) is 0 Å². The molecule has 0 unspecified atom stereocenters. The number of urea groups is 1. The quantitative estimate of drug-likeness (QED) is 0.662. The van der Waals surface area contributed by atoms with E-state index < -0.39 is 6.03 Å². The maximum atomic E-state index is 12.0. The first-order chi connectivity index (χ1) is 12.5. The van der Waals surface area contributed by atoms with E-state index in [1.54, 1.807) is 41.1 Å². The number of carbonyl (C=O) groups excluding carboxylic acids is 4. The molecule has 0 radical (unpaired) electrons. The molecule has 0 saturated carbocycles. The van der Waals surface area contributed by atoms with Crippen LogP contribution in [0, 0.1) is 0 Å². The molecule has 26 heavy (non-hydrogen) atoms. The first kappa shape index (κ1) is 17.6. The molecule has 1 aromatic heterocycles. The molecule has 1 aromatic carbocycles. The molecular formula is C17H16N4O4S. The number of benzene rings is 1. The van der Waals surface area contributed by atoms with Crippen molar-refractivity contribution in [2.45, 2.75) is 6.54 Å². The zero-order valence-electron chi connectivity index (χ0n) is 13.7. The summed E-state index contributed by atoms with van der Waals surface area (Å²) in [5.74, 6) is -0.977. The SMILES string of the molecule is O=C(CNC(=O)c1ccsc1)Nc1cccc(CN2C(=O)CNC2=O)c1. The maximum absolute atomic E-state index is 12.0. The van der Waals surface area contributed by atoms with Crippen LogP contribution < -0.4 is 16.0 Å². The molecule has 0 atom stereocenters. The van der Waals surface area contributed by atoms with Crippen molar-refractivity contribution in [1.82, 2.24) is 15.5 Å². The van der Waals surface area contributed by atoms with Gasteiger partial charge in [0, 0.05) is 16.6 Å². The summed E-state index contributed by atoms with van der Waals surface area (Å²) in [6, 6.07) is 8.09. The van der Waals surface area contributed by atoms with Crippen LogP contribution in [0.15, 0.2) is 41.1 Å². The fourth-order valence-electron chi connectivity index (χ4n) is 2.41. The van der Waals surface area contributed by atoms with Gasteiger partial charge in [-0.1, -0.05) is 12.1 Å². The molecule has 0 bridgehead atoms. The number of anilines is 1. The Morgan fingerprint density at radius 1 is 1.23 bits per heavy atom. The van der Waals surface area contributed by atoms with Crippen LogP contribution in [0.2, 0.25) is 0 Å². The second kappa shape index (κ2) is 7.79. The molecule has 0 spiro atoms. The van der Waals surface area contributed by atoms with Gasteiger partial charge in [-0.05, 0) is 29.1 Å². The predicted molar refractivity (Wildman–Crippen MR) is 95.7 cm³/mol. The fraction of sp³-hybridized carbons (Fsp3) is 0.176. The molecule has 0 aliphatic carbocycles. The largest absolute Gasteiger partial charge is 0.343 e. The molecule has 3 rings (SSSR count). The molecule has 9 heteroatoms. The van der Waals surface area contributed by atoms with E-state index in [-0.39, 0.29) is 37.4 Å². The summed E-state index contributed by atoms with van der Waals surface area (Å²) in [6.07, 6.45) is 0. The lowest BCUT2D eigenvalue weighted by Crippen LogP contribution is -2.32. The van der Waals surface area contributed by atoms with Crippen LogP contribution in [0.5, 0.6) is 0 Å². The third-order valence-corrected chi connectivity index (χ3v) is 4.36. The number of amides is 5. The van der Waals surface area contributed by atoms with E-state index >= 15 is 0 Å². The number of rotatable bonds is 6. The summed E-state index contributed by atoms with van der Waals surface area (Å²) in [7, 11) is 0. The monoisotopic (exact) mass is 372 g/mol. The van der Waals surface area contributed by atoms with Gasteiger partial charge in [-0.15, -0.1) is 0 Å². The van der Waals surface area contributed by atoms with Crippen molar-refractivity contribution in [2.24, 2.45) is 0 Å². The number of hydrogen-bond acceptors (Lipinski definition) is 5. The summed E-state index contributed by atoms with van der Waals surface area (Å²) >= 11 is 1.40. The van der Waals surface area contributed by atoms with Crippen molar-refractivity contribution in [3.05, 3.63) is 52.2 Å². The highest BCUT2D eigenvalue weighted by molar-refractivity contribution is 7.08. The average molecular weight is 372 g/mol. The van der Waals surface area contributed by atoms with Gasteiger partial charge < -0.3 is 16.0 Å². The number of hydrogen-bond donors (Lipinski definition) is 3. The van der Waals surface area contributed by atoms with Crippen LogP contribution in [0.1, 0.15) is 15.9 Å². The Hall–Kier alpha value is -3.20. The van der Waals surface area contributed by atoms with E-state index in [4.69, 9.17) is 0 Å². The van der Waals surface area contributed by atoms with E-state index in [9.17, 15) is 19.2 Å². The number of thiophene rings is 1. The lowest BCUT2D eigenvalue weighted by molar-refractivity contribution is -0.125. The molecule has 1 saturated heterocycles. The van der Waals surface area contributed by atoms with Crippen LogP contribution >= 0.6 is 11.3 Å². The van der Waals surface area contributed by atoms with Crippen molar-refractivity contribution < 1.29 is 19.2 Å². The van der Waals surface area contributed by atoms with Crippen molar-refractivity contribution in [2.75, 3.05) is 18.4 Å². The van der Waals surface area contributed by atoms with Crippen molar-refractivity contribution in [3.63, 3.8) is 0 Å². The lowest BCUT2D eigenvalue weighted by atomic mass is 10.2. The summed E-state index contributed by atoms with van der Waals surface area (Å²) < 4.78 is 0. The number of imide groups is 1. The molecule has 5 amide bonds. The molecule has 2 heterocycles. The van der Waals surface area contributed by atoms with E-state index in [1.165, 1.54) is 11.3 Å². The molecule has 1 fully saturated rings. The van der Waals surface area contributed by atoms with Gasteiger partial charge in [0.05, 0.1) is 19.6 Å². The van der Waals surface area contributed by atoms with Gasteiger partial charge >= 0.3 is 6.03 Å². The van der Waals surface area contributed by atoms with Crippen LogP contribution in [0.3, 0.4) is 0 Å². The normalized spacial score (nSPS) is 13.5. The smallest absolute Gasteiger partial charge is 0.324 e. The second-order valence-corrected chi connectivity index (χ2v) is 6.36. The molecule has 1 aliphatic heterocycles. The van der Waals surface area contributed by atoms with E-state index in [0.29, 0.717) is 16.8 Å². The van der Waals surface area contributed by atoms with Crippen molar-refractivity contribution in [3.8, 4) is 0 Å². The first-order valence-electron chi connectivity index (χ1n) is 7.80. The standard InChI is InChI=1S/C17H16N4O4S/c22-14(7-18-16(24)12-4-5-26-10-12)20-13-3-1-2-11(6-13)9-21-15(23)8-19-17(21)25/h1-6,10H,7-9H2,(H,18,24)(H,19,25)(H,20,22). The van der Waals surface area contributed by atoms with Crippen LogP contribution in [0.25, 0.3) is 0 Å². The summed E-state index contributed by atoms with van der Waals surface area (Å²) in [4.78, 5) is 48.1. The number of carbonyl (C=O) groups is 4. The summed E-state index contributed by atoms with van der Waals surface area (Å²) in [5.41, 5.74) is 1.73. The predicted octanol–water partition coefficient (Wildman–Crippen LogP) is 1.17. The third kappa shape index (κ3) is 4.25. The maximum Gasteiger partial charge on any atom is 0.324 e. The van der Waals surface area contributed by atoms with E-state index in [1.807, 2.05) is 0 Å². The molecule has 1 aliphatic rings. The van der Waals surface area contributed by atoms with Gasteiger partial charge in [-0.2, -0.15) is 11.3 Å². The van der Waals surface area contributed by atoms with Crippen LogP contribution in [0.4, 0.5) is 10.5 Å². The Kier molecular flexibility index (Phi) is 5.28. The highest BCUT2D eigenvalue weighted by Gasteiger charge is 2.28. The Morgan fingerprint density at radius 2 is 2.08 bits per heavy atom. The van der Waals surface area contributed by atoms with Gasteiger partial charge in [0.25, 0.3) is 5.91 Å². The minimum atomic E-state index is -0.430. The van der Waals surface area contributed by atoms with Gasteiger partial charge in [0.15, 0.2) is 0 Å². The highest BCUT2D eigenvalue weighted by atomic mass is 32.1. The Labute approximate surface area is 153 Å². The van der Waals surface area contributed by atoms with Crippen LogP contribution in [-0.4, -0.2) is 41.7 Å². The summed E-state index contributed by atoms with van der Waals surface area (Å²) in [6.45, 7) is -0.0335. The molecule has 3 N–H and O–H groups in total. The Morgan fingerprint density at radius 3 is 2.77 bits per heavy atom. The third-order valence-electron chi connectivity index (χ3n) is 3.68. The topological polar surface area (TPSA) is 108 Å². The molecule has 8 nitrogen and oxygen atoms in total. The fourth-order valence-corrected chi connectivity index (χ4v) is 3.04. The van der Waals surface area contributed by atoms with Crippen molar-refractivity contribution in [1.29, 1.82) is 0 Å². The zero-order chi connectivity index (χ0) is 18.5. The molecule has 2 aromatic rings. The summed E-state index contributed by atoms with van der Waals surface area (Å²) in [5, 5.41) is 11.2. The second-order valence-electron chi connectivity index (χ2n) is 5.58. The van der Waals surface area contributed by atoms with E-state index in [2.05, 4.69) is 16.0 Å². The van der Waals surface area contributed by atoms with Gasteiger partial charge in [-0.25, -0.2) is 4.79 Å². The number of nitrogens with zero attached hydrogens (tertiary/aromatic N) is 1. The lowest BCUT2D eigenvalue weighted by Gasteiger charge is -2.13. The number of nitrogens with one attached hydrogen (secondary N) is 3. The average Bonchev–Trinajstić information content (AvgIpc) is 3.26. The molecular weight excluding hydrogens is 356 g/mol. The van der Waals surface area contributed by atoms with E-state index in [0.717, 1.165) is 4.90 Å². The highest BCUT2D eigenvalue weighted by Crippen LogP contribution is 2.14. The minimum absolute atomic E-state index is 0.000905. The van der Waals surface area contributed by atoms with Crippen molar-refractivity contribution >= 4 is 40.8 Å². The van der Waals surface area contributed by atoms with Gasteiger partial charge in [-0.3, -0.25) is 19.3 Å². The minimum Gasteiger partial charge on any atom is -0.343 e. The molecule has 134 valence electrons. The van der Waals surface area contributed by atoms with Crippen LogP contribution in [-0.2, 0) is 16.1 Å². The first-order valence-corrected chi connectivity index (χ1v) is 8.74. The zero-order valence-corrected chi connectivity index (χ0v) is 14.5. The Balaban J connectivity index is 1.54. The Bertz CT molecular complexity index is 834. The van der Waals surface area contributed by atoms with Gasteiger partial charge in [0.2, 0.25) is 11.8 Å².